The maximum Gasteiger partial charge on any atom is 0.229 e. The maximum atomic E-state index is 10.3. The normalized spacial score (nSPS) is 43.5. The van der Waals surface area contributed by atoms with E-state index in [0.717, 1.165) is 18.8 Å². The van der Waals surface area contributed by atoms with E-state index in [4.69, 9.17) is 9.47 Å². The average molecular weight is 227 g/mol. The number of aliphatic hydroxyl groups is 1. The lowest BCUT2D eigenvalue weighted by Gasteiger charge is -2.42. The van der Waals surface area contributed by atoms with Gasteiger partial charge in [0.2, 0.25) is 5.91 Å². The topological polar surface area (TPSA) is 41.9 Å². The van der Waals surface area contributed by atoms with Gasteiger partial charge in [-0.1, -0.05) is 0 Å². The van der Waals surface area contributed by atoms with Crippen LogP contribution in [-0.2, 0) is 9.47 Å². The predicted molar refractivity (Wildman–Crippen MR) is 58.5 cm³/mol. The van der Waals surface area contributed by atoms with E-state index in [1.807, 2.05) is 6.92 Å². The van der Waals surface area contributed by atoms with E-state index in [-0.39, 0.29) is 0 Å². The molecule has 3 rings (SSSR count). The Balaban J connectivity index is 1.84. The van der Waals surface area contributed by atoms with Gasteiger partial charge in [0.15, 0.2) is 0 Å². The quantitative estimate of drug-likeness (QED) is 0.733. The first-order chi connectivity index (χ1) is 7.69. The van der Waals surface area contributed by atoms with Gasteiger partial charge in [-0.25, -0.2) is 4.90 Å². The van der Waals surface area contributed by atoms with Gasteiger partial charge in [0.05, 0.1) is 13.2 Å². The molecule has 0 aromatic rings. The van der Waals surface area contributed by atoms with E-state index in [2.05, 4.69) is 4.90 Å². The smallest absolute Gasteiger partial charge is 0.229 e. The Kier molecular flexibility index (Phi) is 2.70. The first-order valence-electron chi connectivity index (χ1n) is 6.43. The number of ether oxygens (including phenoxy) is 2. The fourth-order valence-corrected chi connectivity index (χ4v) is 3.59. The third-order valence-corrected chi connectivity index (χ3v) is 4.35. The summed E-state index contributed by atoms with van der Waals surface area (Å²) in [5.74, 6) is 0.109. The second-order valence-electron chi connectivity index (χ2n) is 5.39. The molecule has 2 aliphatic heterocycles. The lowest BCUT2D eigenvalue weighted by atomic mass is 10.0. The predicted octanol–water partition coefficient (Wildman–Crippen LogP) is 1.29. The Labute approximate surface area is 96.5 Å². The van der Waals surface area contributed by atoms with Gasteiger partial charge < -0.3 is 14.6 Å². The molecule has 3 fully saturated rings. The number of hydrogen-bond donors (Lipinski definition) is 1. The van der Waals surface area contributed by atoms with E-state index in [1.54, 1.807) is 0 Å². The van der Waals surface area contributed by atoms with E-state index >= 15 is 0 Å². The number of rotatable bonds is 1. The Hall–Kier alpha value is -0.160. The van der Waals surface area contributed by atoms with Crippen molar-refractivity contribution >= 4 is 0 Å². The molecule has 3 atom stereocenters. The SMILES string of the molecule is CC1(N2C(O)CCC3CCC2C3)OCCO1. The van der Waals surface area contributed by atoms with Crippen molar-refractivity contribution in [2.45, 2.75) is 57.2 Å². The summed E-state index contributed by atoms with van der Waals surface area (Å²) in [5.41, 5.74) is 0. The molecule has 4 nitrogen and oxygen atoms in total. The highest BCUT2D eigenvalue weighted by molar-refractivity contribution is 4.91. The molecule has 2 heterocycles. The molecule has 92 valence electrons. The molecule has 2 saturated heterocycles. The van der Waals surface area contributed by atoms with Crippen LogP contribution in [0.2, 0.25) is 0 Å². The lowest BCUT2D eigenvalue weighted by molar-refractivity contribution is -0.293. The van der Waals surface area contributed by atoms with Crippen molar-refractivity contribution in [1.29, 1.82) is 0 Å². The molecule has 16 heavy (non-hydrogen) atoms. The maximum absolute atomic E-state index is 10.3. The van der Waals surface area contributed by atoms with Gasteiger partial charge in [-0.15, -0.1) is 0 Å². The van der Waals surface area contributed by atoms with Crippen molar-refractivity contribution in [3.63, 3.8) is 0 Å². The number of aliphatic hydroxyl groups excluding tert-OH is 1. The van der Waals surface area contributed by atoms with E-state index in [1.165, 1.54) is 19.3 Å². The molecule has 2 bridgehead atoms. The van der Waals surface area contributed by atoms with Crippen LogP contribution in [0.25, 0.3) is 0 Å². The number of nitrogens with zero attached hydrogens (tertiary/aromatic N) is 1. The molecule has 0 aromatic heterocycles. The van der Waals surface area contributed by atoms with E-state index in [0.29, 0.717) is 19.3 Å². The van der Waals surface area contributed by atoms with E-state index in [9.17, 15) is 5.11 Å². The largest absolute Gasteiger partial charge is 0.378 e. The van der Waals surface area contributed by atoms with Crippen LogP contribution in [0.3, 0.4) is 0 Å². The van der Waals surface area contributed by atoms with Gasteiger partial charge in [-0.2, -0.15) is 0 Å². The Morgan fingerprint density at radius 2 is 1.81 bits per heavy atom. The zero-order chi connectivity index (χ0) is 11.2. The van der Waals surface area contributed by atoms with Crippen molar-refractivity contribution in [2.24, 2.45) is 5.92 Å². The average Bonchev–Trinajstić information content (AvgIpc) is 2.81. The molecule has 1 aliphatic carbocycles. The van der Waals surface area contributed by atoms with Gasteiger partial charge in [0.25, 0.3) is 0 Å². The molecule has 0 radical (unpaired) electrons. The van der Waals surface area contributed by atoms with Crippen molar-refractivity contribution < 1.29 is 14.6 Å². The van der Waals surface area contributed by atoms with Crippen LogP contribution >= 0.6 is 0 Å². The van der Waals surface area contributed by atoms with Crippen LogP contribution in [-0.4, -0.2) is 41.4 Å². The zero-order valence-corrected chi connectivity index (χ0v) is 9.89. The number of fused-ring (bicyclic) bond motifs is 2. The molecule has 1 N–H and O–H groups in total. The van der Waals surface area contributed by atoms with Gasteiger partial charge in [-0.3, -0.25) is 0 Å². The summed E-state index contributed by atoms with van der Waals surface area (Å²) in [4.78, 5) is 2.08. The van der Waals surface area contributed by atoms with Crippen LogP contribution in [0.4, 0.5) is 0 Å². The monoisotopic (exact) mass is 227 g/mol. The minimum absolute atomic E-state index is 0.404. The first-order valence-corrected chi connectivity index (χ1v) is 6.43. The fraction of sp³-hybridized carbons (Fsp3) is 1.00. The third kappa shape index (κ3) is 1.68. The summed E-state index contributed by atoms with van der Waals surface area (Å²) < 4.78 is 11.4. The number of hydrogen-bond acceptors (Lipinski definition) is 4. The van der Waals surface area contributed by atoms with Crippen LogP contribution in [0.5, 0.6) is 0 Å². The summed E-state index contributed by atoms with van der Waals surface area (Å²) in [6.07, 6.45) is 5.25. The Morgan fingerprint density at radius 3 is 2.56 bits per heavy atom. The van der Waals surface area contributed by atoms with Gasteiger partial charge in [0, 0.05) is 13.0 Å². The van der Waals surface area contributed by atoms with Crippen molar-refractivity contribution in [3.05, 3.63) is 0 Å². The molecule has 0 amide bonds. The molecule has 0 spiro atoms. The molecule has 3 aliphatic rings. The standard InChI is InChI=1S/C12H21NO3/c1-12(15-6-7-16-12)13-10-4-2-9(8-10)3-5-11(13)14/h9-11,14H,2-8H2,1H3. The molecule has 4 heteroatoms. The molecular weight excluding hydrogens is 206 g/mol. The van der Waals surface area contributed by atoms with E-state index < -0.39 is 12.1 Å². The van der Waals surface area contributed by atoms with Crippen LogP contribution in [0, 0.1) is 5.92 Å². The van der Waals surface area contributed by atoms with Gasteiger partial charge in [0.1, 0.15) is 6.23 Å². The zero-order valence-electron chi connectivity index (χ0n) is 9.89. The Bertz CT molecular complexity index is 265. The van der Waals surface area contributed by atoms with Crippen LogP contribution in [0.1, 0.15) is 39.0 Å². The number of likely N-dealkylation sites (tertiary alicyclic amines) is 1. The second kappa shape index (κ2) is 3.95. The van der Waals surface area contributed by atoms with Crippen LogP contribution in [0.15, 0.2) is 0 Å². The fourth-order valence-electron chi connectivity index (χ4n) is 3.59. The summed E-state index contributed by atoms with van der Waals surface area (Å²) >= 11 is 0. The summed E-state index contributed by atoms with van der Waals surface area (Å²) in [5, 5.41) is 10.3. The first kappa shape index (κ1) is 11.0. The van der Waals surface area contributed by atoms with Crippen molar-refractivity contribution in [2.75, 3.05) is 13.2 Å². The summed E-state index contributed by atoms with van der Waals surface area (Å²) in [6, 6.07) is 0.436. The van der Waals surface area contributed by atoms with Crippen LogP contribution < -0.4 is 0 Å². The van der Waals surface area contributed by atoms with Crippen molar-refractivity contribution in [3.8, 4) is 0 Å². The Morgan fingerprint density at radius 1 is 1.12 bits per heavy atom. The highest BCUT2D eigenvalue weighted by Crippen LogP contribution is 2.42. The molecular formula is C12H21NO3. The molecule has 3 unspecified atom stereocenters. The molecule has 0 aromatic carbocycles. The summed E-state index contributed by atoms with van der Waals surface area (Å²) in [6.45, 7) is 3.22. The minimum Gasteiger partial charge on any atom is -0.378 e. The third-order valence-electron chi connectivity index (χ3n) is 4.35. The van der Waals surface area contributed by atoms with Gasteiger partial charge >= 0.3 is 0 Å². The summed E-state index contributed by atoms with van der Waals surface area (Å²) in [7, 11) is 0. The minimum atomic E-state index is -0.691. The van der Waals surface area contributed by atoms with Crippen molar-refractivity contribution in [1.82, 2.24) is 4.90 Å². The van der Waals surface area contributed by atoms with Gasteiger partial charge in [-0.05, 0) is 38.0 Å². The highest BCUT2D eigenvalue weighted by Gasteiger charge is 2.48. The highest BCUT2D eigenvalue weighted by atomic mass is 16.8. The molecule has 1 saturated carbocycles. The lowest BCUT2D eigenvalue weighted by Crippen LogP contribution is -2.56. The second-order valence-corrected chi connectivity index (χ2v) is 5.39.